The second-order valence-electron chi connectivity index (χ2n) is 9.78. The van der Waals surface area contributed by atoms with Gasteiger partial charge in [0.2, 0.25) is 5.91 Å². The number of benzene rings is 2. The van der Waals surface area contributed by atoms with E-state index in [1.54, 1.807) is 6.07 Å². The Morgan fingerprint density at radius 3 is 2.47 bits per heavy atom. The van der Waals surface area contributed by atoms with Gasteiger partial charge in [0.15, 0.2) is 0 Å². The average Bonchev–Trinajstić information content (AvgIpc) is 2.90. The number of aryl methyl sites for hydroxylation is 2. The molecule has 4 nitrogen and oxygen atoms in total. The fourth-order valence-electron chi connectivity index (χ4n) is 5.01. The third-order valence-corrected chi connectivity index (χ3v) is 7.01. The fraction of sp³-hybridized carbons (Fsp3) is 0.516. The Bertz CT molecular complexity index is 1030. The quantitative estimate of drug-likeness (QED) is 0.471. The summed E-state index contributed by atoms with van der Waals surface area (Å²) < 4.78 is 13.9. The van der Waals surface area contributed by atoms with Crippen molar-refractivity contribution in [2.75, 3.05) is 0 Å². The third kappa shape index (κ3) is 8.69. The smallest absolute Gasteiger partial charge is 0.225 e. The maximum absolute atomic E-state index is 13.9. The zero-order valence-electron chi connectivity index (χ0n) is 22.2. The second-order valence-corrected chi connectivity index (χ2v) is 9.78. The van der Waals surface area contributed by atoms with Crippen LogP contribution in [0.3, 0.4) is 0 Å². The van der Waals surface area contributed by atoms with Gasteiger partial charge < -0.3 is 5.32 Å². The highest BCUT2D eigenvalue weighted by atomic mass is 19.1. The van der Waals surface area contributed by atoms with Crippen molar-refractivity contribution in [2.45, 2.75) is 97.6 Å². The van der Waals surface area contributed by atoms with E-state index in [4.69, 9.17) is 9.98 Å². The third-order valence-electron chi connectivity index (χ3n) is 7.01. The van der Waals surface area contributed by atoms with Crippen molar-refractivity contribution in [1.29, 1.82) is 0 Å². The average molecular weight is 492 g/mol. The van der Waals surface area contributed by atoms with Crippen LogP contribution in [0.25, 0.3) is 0 Å². The number of rotatable bonds is 5. The van der Waals surface area contributed by atoms with E-state index in [2.05, 4.69) is 24.4 Å². The Morgan fingerprint density at radius 2 is 1.72 bits per heavy atom. The summed E-state index contributed by atoms with van der Waals surface area (Å²) in [6.07, 6.45) is 9.61. The number of hydrogen-bond donors (Lipinski definition) is 1. The SMILES string of the molecule is CC.CC1CCc2cc(F)ccc2CN=C(CCc2ccccc2)C(NC(=O)CC2CCCCC2)=N1. The highest BCUT2D eigenvalue weighted by molar-refractivity contribution is 6.43. The van der Waals surface area contributed by atoms with Gasteiger partial charge in [0, 0.05) is 12.5 Å². The van der Waals surface area contributed by atoms with Gasteiger partial charge in [-0.3, -0.25) is 14.8 Å². The highest BCUT2D eigenvalue weighted by Gasteiger charge is 2.21. The van der Waals surface area contributed by atoms with Crippen LogP contribution in [-0.2, 0) is 24.2 Å². The summed E-state index contributed by atoms with van der Waals surface area (Å²) in [5.74, 6) is 0.924. The minimum atomic E-state index is -0.212. The lowest BCUT2D eigenvalue weighted by Gasteiger charge is -2.22. The molecule has 0 spiro atoms. The van der Waals surface area contributed by atoms with Gasteiger partial charge in [-0.1, -0.05) is 69.5 Å². The van der Waals surface area contributed by atoms with Crippen molar-refractivity contribution >= 4 is 17.5 Å². The van der Waals surface area contributed by atoms with Gasteiger partial charge in [0.1, 0.15) is 11.7 Å². The van der Waals surface area contributed by atoms with Gasteiger partial charge in [0.25, 0.3) is 0 Å². The lowest BCUT2D eigenvalue weighted by Crippen LogP contribution is -2.38. The van der Waals surface area contributed by atoms with E-state index in [0.717, 1.165) is 48.9 Å². The van der Waals surface area contributed by atoms with Gasteiger partial charge >= 0.3 is 0 Å². The molecule has 1 saturated carbocycles. The number of carbonyl (C=O) groups is 1. The first kappa shape index (κ1) is 27.8. The van der Waals surface area contributed by atoms with E-state index in [1.807, 2.05) is 38.1 Å². The van der Waals surface area contributed by atoms with Crippen LogP contribution in [0.2, 0.25) is 0 Å². The summed E-state index contributed by atoms with van der Waals surface area (Å²) in [6.45, 7) is 6.52. The van der Waals surface area contributed by atoms with E-state index in [9.17, 15) is 9.18 Å². The molecule has 36 heavy (non-hydrogen) atoms. The van der Waals surface area contributed by atoms with Crippen LogP contribution >= 0.6 is 0 Å². The molecule has 1 heterocycles. The zero-order valence-corrected chi connectivity index (χ0v) is 22.2. The van der Waals surface area contributed by atoms with Crippen LogP contribution in [-0.4, -0.2) is 23.5 Å². The topological polar surface area (TPSA) is 53.8 Å². The summed E-state index contributed by atoms with van der Waals surface area (Å²) in [6, 6.07) is 15.3. The van der Waals surface area contributed by atoms with Gasteiger partial charge in [-0.15, -0.1) is 0 Å². The molecule has 0 saturated heterocycles. The van der Waals surface area contributed by atoms with Crippen molar-refractivity contribution in [3.8, 4) is 0 Å². The molecule has 2 aromatic rings. The van der Waals surface area contributed by atoms with Gasteiger partial charge in [-0.05, 0) is 80.2 Å². The lowest BCUT2D eigenvalue weighted by atomic mass is 9.87. The summed E-state index contributed by atoms with van der Waals surface area (Å²) in [7, 11) is 0. The second kappa shape index (κ2) is 14.7. The van der Waals surface area contributed by atoms with Crippen molar-refractivity contribution in [3.63, 3.8) is 0 Å². The van der Waals surface area contributed by atoms with Crippen molar-refractivity contribution in [1.82, 2.24) is 5.32 Å². The number of amidine groups is 1. The molecule has 0 aromatic heterocycles. The summed E-state index contributed by atoms with van der Waals surface area (Å²) in [5, 5.41) is 3.15. The van der Waals surface area contributed by atoms with Crippen LogP contribution < -0.4 is 5.32 Å². The van der Waals surface area contributed by atoms with Crippen molar-refractivity contribution in [2.24, 2.45) is 15.9 Å². The number of nitrogens with one attached hydrogen (secondary N) is 1. The van der Waals surface area contributed by atoms with Crippen LogP contribution in [0.1, 0.15) is 88.8 Å². The molecular weight excluding hydrogens is 449 g/mol. The van der Waals surface area contributed by atoms with Crippen LogP contribution in [0, 0.1) is 11.7 Å². The van der Waals surface area contributed by atoms with E-state index in [0.29, 0.717) is 31.1 Å². The molecule has 2 aromatic carbocycles. The highest BCUT2D eigenvalue weighted by Crippen LogP contribution is 2.26. The number of fused-ring (bicyclic) bond motifs is 1. The molecule has 1 fully saturated rings. The van der Waals surface area contributed by atoms with Crippen molar-refractivity contribution in [3.05, 3.63) is 71.0 Å². The molecule has 1 atom stereocenters. The predicted molar refractivity (Wildman–Crippen MR) is 148 cm³/mol. The fourth-order valence-corrected chi connectivity index (χ4v) is 5.01. The van der Waals surface area contributed by atoms with Gasteiger partial charge in [-0.25, -0.2) is 4.39 Å². The number of hydrogen-bond acceptors (Lipinski definition) is 3. The maximum Gasteiger partial charge on any atom is 0.225 e. The molecule has 1 aliphatic heterocycles. The van der Waals surface area contributed by atoms with E-state index in [1.165, 1.54) is 30.9 Å². The maximum atomic E-state index is 13.9. The normalized spacial score (nSPS) is 18.6. The first-order valence-corrected chi connectivity index (χ1v) is 13.8. The Morgan fingerprint density at radius 1 is 0.972 bits per heavy atom. The number of carbonyl (C=O) groups excluding carboxylic acids is 1. The minimum absolute atomic E-state index is 0.00104. The Labute approximate surface area is 216 Å². The molecular formula is C31H42FN3O. The number of halogens is 1. The Kier molecular flexibility index (Phi) is 11.3. The van der Waals surface area contributed by atoms with E-state index < -0.39 is 0 Å². The molecule has 5 heteroatoms. The van der Waals surface area contributed by atoms with Gasteiger partial charge in [-0.2, -0.15) is 0 Å². The number of nitrogens with zero attached hydrogens (tertiary/aromatic N) is 2. The summed E-state index contributed by atoms with van der Waals surface area (Å²) in [4.78, 5) is 22.9. The van der Waals surface area contributed by atoms with Crippen LogP contribution in [0.5, 0.6) is 0 Å². The van der Waals surface area contributed by atoms with E-state index in [-0.39, 0.29) is 17.8 Å². The first-order valence-electron chi connectivity index (χ1n) is 13.8. The summed E-state index contributed by atoms with van der Waals surface area (Å²) in [5.41, 5.74) is 4.09. The molecule has 1 N–H and O–H groups in total. The Hall–Kier alpha value is -2.82. The standard InChI is InChI=1S/C29H36FN3O.C2H6/c1-21-12-14-24-19-26(30)16-15-25(24)20-31-27(17-13-22-8-4-2-5-9-22)29(32-21)33-28(34)18-23-10-6-3-7-11-23;1-2/h2,4-5,8-9,15-16,19,21,23H,3,6-7,10-14,17-18,20H2,1H3,(H,32,33,34);1-2H3. The molecule has 1 aliphatic carbocycles. The molecule has 2 aliphatic rings. The predicted octanol–water partition coefficient (Wildman–Crippen LogP) is 7.25. The molecule has 1 unspecified atom stereocenters. The first-order chi connectivity index (χ1) is 17.6. The molecule has 4 rings (SSSR count). The summed E-state index contributed by atoms with van der Waals surface area (Å²) >= 11 is 0. The minimum Gasteiger partial charge on any atom is -0.309 e. The largest absolute Gasteiger partial charge is 0.309 e. The zero-order chi connectivity index (χ0) is 25.8. The molecule has 0 radical (unpaired) electrons. The van der Waals surface area contributed by atoms with Crippen LogP contribution in [0.15, 0.2) is 58.5 Å². The van der Waals surface area contributed by atoms with Gasteiger partial charge in [0.05, 0.1) is 12.3 Å². The lowest BCUT2D eigenvalue weighted by molar-refractivity contribution is -0.120. The number of amides is 1. The monoisotopic (exact) mass is 491 g/mol. The number of aliphatic imine (C=N–C) groups is 2. The molecule has 194 valence electrons. The Balaban J connectivity index is 0.00000176. The van der Waals surface area contributed by atoms with Crippen LogP contribution in [0.4, 0.5) is 4.39 Å². The molecule has 1 amide bonds. The van der Waals surface area contributed by atoms with Crippen molar-refractivity contribution < 1.29 is 9.18 Å². The molecule has 0 bridgehead atoms. The van der Waals surface area contributed by atoms with E-state index >= 15 is 0 Å².